The van der Waals surface area contributed by atoms with E-state index in [-0.39, 0.29) is 0 Å². The van der Waals surface area contributed by atoms with Gasteiger partial charge in [-0.05, 0) is 24.6 Å². The number of furan rings is 1. The molecule has 1 saturated heterocycles. The van der Waals surface area contributed by atoms with Crippen molar-refractivity contribution in [1.82, 2.24) is 5.32 Å². The van der Waals surface area contributed by atoms with Crippen LogP contribution in [0.4, 0.5) is 0 Å². The predicted octanol–water partition coefficient (Wildman–Crippen LogP) is 3.04. The Labute approximate surface area is 112 Å². The quantitative estimate of drug-likeness (QED) is 0.890. The molecule has 1 aromatic heterocycles. The van der Waals surface area contributed by atoms with Crippen molar-refractivity contribution in [3.63, 3.8) is 0 Å². The van der Waals surface area contributed by atoms with Crippen LogP contribution in [-0.4, -0.2) is 34.6 Å². The zero-order chi connectivity index (χ0) is 12.1. The third-order valence-corrected chi connectivity index (χ3v) is 6.39. The molecule has 0 radical (unpaired) electrons. The number of nitrogens with one attached hydrogen (secondary N) is 1. The molecule has 1 aromatic rings. The molecule has 3 atom stereocenters. The molecule has 2 rings (SSSR count). The topological polar surface area (TPSA) is 25.2 Å². The maximum Gasteiger partial charge on any atom is 0.0935 e. The predicted molar refractivity (Wildman–Crippen MR) is 78.0 cm³/mol. The van der Waals surface area contributed by atoms with Gasteiger partial charge in [-0.25, -0.2) is 0 Å². The van der Waals surface area contributed by atoms with Gasteiger partial charge in [-0.1, -0.05) is 13.8 Å². The van der Waals surface area contributed by atoms with E-state index in [9.17, 15) is 0 Å². The molecular weight excluding hydrogens is 250 g/mol. The molecule has 3 unspecified atom stereocenters. The van der Waals surface area contributed by atoms with E-state index in [0.717, 1.165) is 18.2 Å². The Kier molecular flexibility index (Phi) is 5.32. The van der Waals surface area contributed by atoms with Gasteiger partial charge in [0.2, 0.25) is 0 Å². The first kappa shape index (κ1) is 13.4. The monoisotopic (exact) mass is 271 g/mol. The van der Waals surface area contributed by atoms with Crippen molar-refractivity contribution < 1.29 is 4.42 Å². The minimum absolute atomic E-state index is 0.561. The SMILES string of the molecule is CCNC(Cc1ccoc1)C1SCCSC1C. The van der Waals surface area contributed by atoms with Crippen LogP contribution in [0, 0.1) is 0 Å². The lowest BCUT2D eigenvalue weighted by atomic mass is 10.0. The average Bonchev–Trinajstić information content (AvgIpc) is 2.82. The summed E-state index contributed by atoms with van der Waals surface area (Å²) in [6.07, 6.45) is 4.72. The van der Waals surface area contributed by atoms with Gasteiger partial charge in [0, 0.05) is 28.0 Å². The number of thioether (sulfide) groups is 2. The van der Waals surface area contributed by atoms with E-state index in [0.29, 0.717) is 11.3 Å². The van der Waals surface area contributed by atoms with Crippen molar-refractivity contribution in [2.45, 2.75) is 36.8 Å². The van der Waals surface area contributed by atoms with Gasteiger partial charge in [0.1, 0.15) is 0 Å². The average molecular weight is 271 g/mol. The van der Waals surface area contributed by atoms with Crippen molar-refractivity contribution >= 4 is 23.5 Å². The second kappa shape index (κ2) is 6.76. The summed E-state index contributed by atoms with van der Waals surface area (Å²) in [7, 11) is 0. The molecule has 1 fully saturated rings. The van der Waals surface area contributed by atoms with Gasteiger partial charge in [0.05, 0.1) is 12.5 Å². The molecule has 2 nitrogen and oxygen atoms in total. The van der Waals surface area contributed by atoms with E-state index in [1.54, 1.807) is 6.26 Å². The molecule has 0 amide bonds. The first-order valence-electron chi connectivity index (χ1n) is 6.29. The number of rotatable bonds is 5. The summed E-state index contributed by atoms with van der Waals surface area (Å²) in [6, 6.07) is 2.64. The molecule has 4 heteroatoms. The fourth-order valence-corrected chi connectivity index (χ4v) is 5.28. The fourth-order valence-electron chi connectivity index (χ4n) is 2.32. The van der Waals surface area contributed by atoms with Crippen molar-refractivity contribution in [2.24, 2.45) is 0 Å². The summed E-state index contributed by atoms with van der Waals surface area (Å²) in [5.74, 6) is 2.58. The lowest BCUT2D eigenvalue weighted by Gasteiger charge is -2.34. The number of hydrogen-bond donors (Lipinski definition) is 1. The smallest absolute Gasteiger partial charge is 0.0935 e. The molecule has 96 valence electrons. The van der Waals surface area contributed by atoms with Crippen LogP contribution in [0.5, 0.6) is 0 Å². The molecule has 0 bridgehead atoms. The Bertz CT molecular complexity index is 315. The highest BCUT2D eigenvalue weighted by Crippen LogP contribution is 2.34. The highest BCUT2D eigenvalue weighted by molar-refractivity contribution is 8.07. The van der Waals surface area contributed by atoms with Crippen molar-refractivity contribution in [3.05, 3.63) is 24.2 Å². The first-order valence-corrected chi connectivity index (χ1v) is 8.38. The second-order valence-electron chi connectivity index (χ2n) is 4.41. The Morgan fingerprint density at radius 3 is 2.94 bits per heavy atom. The van der Waals surface area contributed by atoms with E-state index in [2.05, 4.69) is 48.8 Å². The van der Waals surface area contributed by atoms with Crippen molar-refractivity contribution in [2.75, 3.05) is 18.1 Å². The molecule has 0 aromatic carbocycles. The summed E-state index contributed by atoms with van der Waals surface area (Å²) in [5.41, 5.74) is 1.30. The van der Waals surface area contributed by atoms with Gasteiger partial charge in [-0.2, -0.15) is 23.5 Å². The Balaban J connectivity index is 1.99. The molecule has 0 aliphatic carbocycles. The van der Waals surface area contributed by atoms with E-state index in [1.807, 2.05) is 6.26 Å². The van der Waals surface area contributed by atoms with Gasteiger partial charge in [-0.3, -0.25) is 0 Å². The summed E-state index contributed by atoms with van der Waals surface area (Å²) in [5, 5.41) is 5.10. The van der Waals surface area contributed by atoms with Crippen LogP contribution < -0.4 is 5.32 Å². The van der Waals surface area contributed by atoms with E-state index in [1.165, 1.54) is 17.1 Å². The van der Waals surface area contributed by atoms with Gasteiger partial charge in [-0.15, -0.1) is 0 Å². The van der Waals surface area contributed by atoms with Crippen molar-refractivity contribution in [1.29, 1.82) is 0 Å². The number of hydrogen-bond acceptors (Lipinski definition) is 4. The summed E-state index contributed by atoms with van der Waals surface area (Å²) in [4.78, 5) is 0. The van der Waals surface area contributed by atoms with E-state index < -0.39 is 0 Å². The molecule has 2 heterocycles. The Morgan fingerprint density at radius 1 is 1.47 bits per heavy atom. The molecular formula is C13H21NOS2. The third-order valence-electron chi connectivity index (χ3n) is 3.14. The zero-order valence-corrected chi connectivity index (χ0v) is 12.2. The molecule has 0 spiro atoms. The Hall–Kier alpha value is -0.0600. The fraction of sp³-hybridized carbons (Fsp3) is 0.692. The van der Waals surface area contributed by atoms with Crippen LogP contribution in [0.3, 0.4) is 0 Å². The lowest BCUT2D eigenvalue weighted by molar-refractivity contribution is 0.496. The minimum Gasteiger partial charge on any atom is -0.472 e. The first-order chi connectivity index (χ1) is 8.31. The third kappa shape index (κ3) is 3.70. The van der Waals surface area contributed by atoms with Gasteiger partial charge in [0.25, 0.3) is 0 Å². The second-order valence-corrected chi connectivity index (χ2v) is 7.18. The molecule has 1 aliphatic heterocycles. The van der Waals surface area contributed by atoms with Crippen LogP contribution in [0.15, 0.2) is 23.0 Å². The summed E-state index contributed by atoms with van der Waals surface area (Å²) < 4.78 is 5.17. The number of likely N-dealkylation sites (N-methyl/N-ethyl adjacent to an activating group) is 1. The standard InChI is InChI=1S/C13H21NOS2/c1-3-14-12(8-11-4-5-15-9-11)13-10(2)16-6-7-17-13/h4-5,9-10,12-14H,3,6-8H2,1-2H3. The molecule has 17 heavy (non-hydrogen) atoms. The van der Waals surface area contributed by atoms with E-state index >= 15 is 0 Å². The summed E-state index contributed by atoms with van der Waals surface area (Å²) in [6.45, 7) is 5.59. The molecule has 0 saturated carbocycles. The van der Waals surface area contributed by atoms with Crippen LogP contribution in [0.2, 0.25) is 0 Å². The molecule has 1 aliphatic rings. The van der Waals surface area contributed by atoms with Gasteiger partial charge >= 0.3 is 0 Å². The maximum absolute atomic E-state index is 5.17. The largest absolute Gasteiger partial charge is 0.472 e. The summed E-state index contributed by atoms with van der Waals surface area (Å²) >= 11 is 4.24. The highest BCUT2D eigenvalue weighted by Gasteiger charge is 2.30. The lowest BCUT2D eigenvalue weighted by Crippen LogP contribution is -2.45. The zero-order valence-electron chi connectivity index (χ0n) is 10.5. The van der Waals surface area contributed by atoms with Crippen LogP contribution in [0.1, 0.15) is 19.4 Å². The van der Waals surface area contributed by atoms with Crippen LogP contribution in [-0.2, 0) is 6.42 Å². The molecule has 1 N–H and O–H groups in total. The van der Waals surface area contributed by atoms with Crippen molar-refractivity contribution in [3.8, 4) is 0 Å². The van der Waals surface area contributed by atoms with Crippen LogP contribution >= 0.6 is 23.5 Å². The van der Waals surface area contributed by atoms with Gasteiger partial charge < -0.3 is 9.73 Å². The van der Waals surface area contributed by atoms with Crippen LogP contribution in [0.25, 0.3) is 0 Å². The van der Waals surface area contributed by atoms with Gasteiger partial charge in [0.15, 0.2) is 0 Å². The maximum atomic E-state index is 5.17. The normalized spacial score (nSPS) is 26.9. The highest BCUT2D eigenvalue weighted by atomic mass is 32.2. The Morgan fingerprint density at radius 2 is 2.29 bits per heavy atom. The van der Waals surface area contributed by atoms with E-state index in [4.69, 9.17) is 4.42 Å². The minimum atomic E-state index is 0.561.